The molecule has 7 nitrogen and oxygen atoms in total. The van der Waals surface area contributed by atoms with Gasteiger partial charge in [-0.25, -0.2) is 0 Å². The minimum atomic E-state index is -0.300. The maximum atomic E-state index is 12.1. The Labute approximate surface area is 151 Å². The molecule has 3 N–H and O–H groups in total. The van der Waals surface area contributed by atoms with Gasteiger partial charge in [-0.15, -0.1) is 24.8 Å². The van der Waals surface area contributed by atoms with Crippen LogP contribution < -0.4 is 11.1 Å². The average Bonchev–Trinajstić information content (AvgIpc) is 2.52. The molecule has 0 radical (unpaired) electrons. The van der Waals surface area contributed by atoms with E-state index in [0.717, 1.165) is 32.7 Å². The molecule has 1 atom stereocenters. The van der Waals surface area contributed by atoms with Crippen LogP contribution in [0.15, 0.2) is 0 Å². The van der Waals surface area contributed by atoms with Gasteiger partial charge < -0.3 is 20.7 Å². The fourth-order valence-electron chi connectivity index (χ4n) is 2.49. The summed E-state index contributed by atoms with van der Waals surface area (Å²) in [5.41, 5.74) is 5.20. The summed E-state index contributed by atoms with van der Waals surface area (Å²) in [5.74, 6) is -0.342. The van der Waals surface area contributed by atoms with Crippen molar-refractivity contribution in [1.82, 2.24) is 15.1 Å². The van der Waals surface area contributed by atoms with Crippen molar-refractivity contribution >= 4 is 36.6 Å². The van der Waals surface area contributed by atoms with Crippen LogP contribution in [0.2, 0.25) is 0 Å². The molecule has 23 heavy (non-hydrogen) atoms. The van der Waals surface area contributed by atoms with E-state index in [2.05, 4.69) is 17.1 Å². The Kier molecular flexibility index (Phi) is 14.8. The van der Waals surface area contributed by atoms with E-state index < -0.39 is 0 Å². The smallest absolute Gasteiger partial charge is 0.242 e. The van der Waals surface area contributed by atoms with Gasteiger partial charge in [-0.2, -0.15) is 0 Å². The Morgan fingerprint density at radius 1 is 1.26 bits per heavy atom. The number of nitrogens with zero attached hydrogens (tertiary/aromatic N) is 2. The first-order valence-electron chi connectivity index (χ1n) is 7.68. The third-order valence-corrected chi connectivity index (χ3v) is 3.78. The number of hydrogen-bond acceptors (Lipinski definition) is 5. The molecular formula is C14H30Cl2N4O3. The van der Waals surface area contributed by atoms with E-state index in [1.54, 1.807) is 0 Å². The Morgan fingerprint density at radius 3 is 2.52 bits per heavy atom. The lowest BCUT2D eigenvalue weighted by molar-refractivity contribution is -0.135. The molecule has 0 spiro atoms. The van der Waals surface area contributed by atoms with Crippen LogP contribution in [-0.2, 0) is 14.3 Å². The summed E-state index contributed by atoms with van der Waals surface area (Å²) in [6.07, 6.45) is 0.991. The highest BCUT2D eigenvalue weighted by atomic mass is 35.5. The minimum Gasteiger partial charge on any atom is -0.380 e. The second kappa shape index (κ2) is 13.8. The summed E-state index contributed by atoms with van der Waals surface area (Å²) < 4.78 is 5.40. The van der Waals surface area contributed by atoms with Crippen molar-refractivity contribution in [2.24, 2.45) is 5.73 Å². The number of carbonyl (C=O) groups excluding carboxylic acids is 2. The average molecular weight is 373 g/mol. The van der Waals surface area contributed by atoms with Crippen LogP contribution in [0, 0.1) is 0 Å². The van der Waals surface area contributed by atoms with Crippen LogP contribution in [-0.4, -0.2) is 80.1 Å². The van der Waals surface area contributed by atoms with Crippen molar-refractivity contribution in [2.75, 3.05) is 52.5 Å². The van der Waals surface area contributed by atoms with Gasteiger partial charge in [0.25, 0.3) is 0 Å². The fraction of sp³-hybridized carbons (Fsp3) is 0.857. The number of nitrogens with one attached hydrogen (secondary N) is 1. The van der Waals surface area contributed by atoms with E-state index in [9.17, 15) is 9.59 Å². The fourth-order valence-corrected chi connectivity index (χ4v) is 2.49. The van der Waals surface area contributed by atoms with Crippen LogP contribution in [0.4, 0.5) is 0 Å². The number of halogens is 2. The van der Waals surface area contributed by atoms with Gasteiger partial charge >= 0.3 is 0 Å². The highest BCUT2D eigenvalue weighted by Gasteiger charge is 2.27. The van der Waals surface area contributed by atoms with Crippen LogP contribution in [0.25, 0.3) is 0 Å². The zero-order chi connectivity index (χ0) is 15.7. The summed E-state index contributed by atoms with van der Waals surface area (Å²) >= 11 is 0. The predicted molar refractivity (Wildman–Crippen MR) is 95.3 cm³/mol. The van der Waals surface area contributed by atoms with Crippen molar-refractivity contribution in [2.45, 2.75) is 26.3 Å². The van der Waals surface area contributed by atoms with Gasteiger partial charge in [-0.05, 0) is 13.3 Å². The van der Waals surface area contributed by atoms with Crippen LogP contribution >= 0.6 is 24.8 Å². The van der Waals surface area contributed by atoms with Crippen LogP contribution in [0.3, 0.4) is 0 Å². The Hall–Kier alpha value is -0.600. The molecule has 2 amide bonds. The van der Waals surface area contributed by atoms with E-state index in [1.807, 2.05) is 11.8 Å². The lowest BCUT2D eigenvalue weighted by Gasteiger charge is -2.41. The summed E-state index contributed by atoms with van der Waals surface area (Å²) in [6, 6.07) is 0.355. The number of carbonyl (C=O) groups is 2. The molecule has 1 rings (SSSR count). The van der Waals surface area contributed by atoms with Gasteiger partial charge in [0.05, 0.1) is 19.7 Å². The summed E-state index contributed by atoms with van der Waals surface area (Å²) in [5, 5.41) is 2.53. The molecule has 0 aromatic heterocycles. The quantitative estimate of drug-likeness (QED) is 0.579. The molecule has 1 heterocycles. The third kappa shape index (κ3) is 8.72. The molecule has 0 saturated carbocycles. The first kappa shape index (κ1) is 24.6. The predicted octanol–water partition coefficient (Wildman–Crippen LogP) is -0.136. The van der Waals surface area contributed by atoms with Crippen molar-refractivity contribution in [1.29, 1.82) is 0 Å². The molecule has 0 aromatic rings. The SMILES string of the molecule is CCOCCN1CCN(C(=O)CNC(=O)CN)CC1CC.Cl.Cl. The lowest BCUT2D eigenvalue weighted by atomic mass is 10.1. The summed E-state index contributed by atoms with van der Waals surface area (Å²) in [6.45, 7) is 8.68. The molecule has 0 aromatic carbocycles. The molecule has 1 aliphatic rings. The lowest BCUT2D eigenvalue weighted by Crippen LogP contribution is -2.56. The van der Waals surface area contributed by atoms with Crippen molar-refractivity contribution in [3.8, 4) is 0 Å². The van der Waals surface area contributed by atoms with E-state index in [0.29, 0.717) is 19.1 Å². The minimum absolute atomic E-state index is 0. The number of amides is 2. The second-order valence-corrected chi connectivity index (χ2v) is 5.12. The maximum Gasteiger partial charge on any atom is 0.242 e. The van der Waals surface area contributed by atoms with Crippen LogP contribution in [0.1, 0.15) is 20.3 Å². The maximum absolute atomic E-state index is 12.1. The molecule has 9 heteroatoms. The number of rotatable bonds is 8. The standard InChI is InChI=1S/C14H28N4O3.2ClH/c1-3-12-11-18(14(20)10-16-13(19)9-15)6-5-17(12)7-8-21-4-2;;/h12H,3-11,15H2,1-2H3,(H,16,19);2*1H. The van der Waals surface area contributed by atoms with Crippen molar-refractivity contribution < 1.29 is 14.3 Å². The van der Waals surface area contributed by atoms with E-state index in [1.165, 1.54) is 0 Å². The first-order chi connectivity index (χ1) is 10.1. The van der Waals surface area contributed by atoms with Gasteiger partial charge in [0.2, 0.25) is 11.8 Å². The Balaban J connectivity index is 0. The topological polar surface area (TPSA) is 87.9 Å². The van der Waals surface area contributed by atoms with Gasteiger partial charge in [0.1, 0.15) is 0 Å². The number of ether oxygens (including phenoxy) is 1. The molecule has 0 bridgehead atoms. The molecule has 0 aliphatic carbocycles. The van der Waals surface area contributed by atoms with Gasteiger partial charge in [0, 0.05) is 38.8 Å². The van der Waals surface area contributed by atoms with Gasteiger partial charge in [-0.3, -0.25) is 14.5 Å². The Morgan fingerprint density at radius 2 is 1.96 bits per heavy atom. The zero-order valence-corrected chi connectivity index (χ0v) is 15.6. The molecular weight excluding hydrogens is 343 g/mol. The number of nitrogens with two attached hydrogens (primary N) is 1. The first-order valence-corrected chi connectivity index (χ1v) is 7.68. The summed E-state index contributed by atoms with van der Waals surface area (Å²) in [4.78, 5) is 27.4. The molecule has 1 aliphatic heterocycles. The Bertz CT molecular complexity index is 348. The largest absolute Gasteiger partial charge is 0.380 e. The highest BCUT2D eigenvalue weighted by Crippen LogP contribution is 2.12. The molecule has 138 valence electrons. The van der Waals surface area contributed by atoms with Gasteiger partial charge in [0.15, 0.2) is 0 Å². The second-order valence-electron chi connectivity index (χ2n) is 5.12. The van der Waals surface area contributed by atoms with Crippen molar-refractivity contribution in [3.05, 3.63) is 0 Å². The highest BCUT2D eigenvalue weighted by molar-refractivity contribution is 5.86. The third-order valence-electron chi connectivity index (χ3n) is 3.78. The number of hydrogen-bond donors (Lipinski definition) is 2. The summed E-state index contributed by atoms with van der Waals surface area (Å²) in [7, 11) is 0. The monoisotopic (exact) mass is 372 g/mol. The molecule has 1 fully saturated rings. The molecule has 1 saturated heterocycles. The number of piperazine rings is 1. The zero-order valence-electron chi connectivity index (χ0n) is 14.0. The van der Waals surface area contributed by atoms with Crippen LogP contribution in [0.5, 0.6) is 0 Å². The van der Waals surface area contributed by atoms with Gasteiger partial charge in [-0.1, -0.05) is 6.92 Å². The van der Waals surface area contributed by atoms with E-state index >= 15 is 0 Å². The van der Waals surface area contributed by atoms with Crippen molar-refractivity contribution in [3.63, 3.8) is 0 Å². The normalized spacial score (nSPS) is 17.9. The van der Waals surface area contributed by atoms with E-state index in [-0.39, 0.29) is 49.7 Å². The molecule has 1 unspecified atom stereocenters. The van der Waals surface area contributed by atoms with E-state index in [4.69, 9.17) is 10.5 Å².